The number of carbonyl (C=O) groups is 1. The van der Waals surface area contributed by atoms with Crippen molar-refractivity contribution in [3.63, 3.8) is 0 Å². The van der Waals surface area contributed by atoms with Gasteiger partial charge in [0, 0.05) is 12.1 Å². The van der Waals surface area contributed by atoms with Gasteiger partial charge in [-0.05, 0) is 18.6 Å². The number of hydrogen-bond donors (Lipinski definition) is 2. The van der Waals surface area contributed by atoms with Crippen LogP contribution in [-0.2, 0) is 0 Å². The zero-order valence-corrected chi connectivity index (χ0v) is 10.4. The zero-order valence-electron chi connectivity index (χ0n) is 10.4. The van der Waals surface area contributed by atoms with E-state index in [2.05, 4.69) is 10.3 Å². The molecule has 1 amide bonds. The van der Waals surface area contributed by atoms with Crippen LogP contribution in [0.1, 0.15) is 15.9 Å². The van der Waals surface area contributed by atoms with Crippen molar-refractivity contribution in [2.24, 2.45) is 0 Å². The molecule has 2 aromatic rings. The van der Waals surface area contributed by atoms with Gasteiger partial charge in [0.25, 0.3) is 5.91 Å². The van der Waals surface area contributed by atoms with Crippen molar-refractivity contribution < 1.29 is 18.0 Å². The van der Waals surface area contributed by atoms with Crippen molar-refractivity contribution in [1.29, 1.82) is 0 Å². The number of rotatable bonds is 2. The maximum Gasteiger partial charge on any atom is 0.262 e. The lowest BCUT2D eigenvalue weighted by Gasteiger charge is -2.09. The minimum atomic E-state index is -1.28. The quantitative estimate of drug-likeness (QED) is 0.889. The van der Waals surface area contributed by atoms with E-state index in [1.54, 1.807) is 13.0 Å². The van der Waals surface area contributed by atoms with E-state index in [1.807, 2.05) is 0 Å². The predicted octanol–water partition coefficient (Wildman–Crippen LogP) is 2.64. The number of nitrogens with one attached hydrogen (secondary N) is 1. The number of nitrogens with two attached hydrogens (primary N) is 1. The van der Waals surface area contributed by atoms with Crippen molar-refractivity contribution in [3.05, 3.63) is 53.0 Å². The molecule has 0 atom stereocenters. The molecule has 104 valence electrons. The zero-order chi connectivity index (χ0) is 14.9. The summed E-state index contributed by atoms with van der Waals surface area (Å²) in [5.41, 5.74) is 5.54. The van der Waals surface area contributed by atoms with Gasteiger partial charge in [-0.1, -0.05) is 0 Å². The average molecular weight is 281 g/mol. The number of amides is 1. The second-order valence-electron chi connectivity index (χ2n) is 4.13. The van der Waals surface area contributed by atoms with Gasteiger partial charge >= 0.3 is 0 Å². The molecule has 20 heavy (non-hydrogen) atoms. The summed E-state index contributed by atoms with van der Waals surface area (Å²) in [6.07, 6.45) is 1.29. The van der Waals surface area contributed by atoms with E-state index in [0.29, 0.717) is 23.4 Å². The largest absolute Gasteiger partial charge is 0.397 e. The first kappa shape index (κ1) is 13.9. The van der Waals surface area contributed by atoms with Crippen LogP contribution < -0.4 is 11.1 Å². The minimum Gasteiger partial charge on any atom is -0.397 e. The normalized spacial score (nSPS) is 10.4. The van der Waals surface area contributed by atoms with E-state index in [4.69, 9.17) is 5.73 Å². The maximum absolute atomic E-state index is 13.4. The van der Waals surface area contributed by atoms with Crippen molar-refractivity contribution in [3.8, 4) is 0 Å². The molecular weight excluding hydrogens is 271 g/mol. The Bertz CT molecular complexity index is 666. The van der Waals surface area contributed by atoms with Gasteiger partial charge in [-0.15, -0.1) is 0 Å². The van der Waals surface area contributed by atoms with Gasteiger partial charge in [-0.3, -0.25) is 4.79 Å². The number of halogens is 3. The highest BCUT2D eigenvalue weighted by Gasteiger charge is 2.20. The molecule has 1 heterocycles. The summed E-state index contributed by atoms with van der Waals surface area (Å²) in [4.78, 5) is 15.7. The molecule has 7 heteroatoms. The minimum absolute atomic E-state index is 0.118. The van der Waals surface area contributed by atoms with Gasteiger partial charge < -0.3 is 11.1 Å². The summed E-state index contributed by atoms with van der Waals surface area (Å²) >= 11 is 0. The maximum atomic E-state index is 13.4. The van der Waals surface area contributed by atoms with E-state index < -0.39 is 28.9 Å². The number of aromatic nitrogens is 1. The monoisotopic (exact) mass is 281 g/mol. The summed E-state index contributed by atoms with van der Waals surface area (Å²) < 4.78 is 39.7. The second-order valence-corrected chi connectivity index (χ2v) is 4.13. The number of pyridine rings is 1. The third-order valence-corrected chi connectivity index (χ3v) is 2.57. The van der Waals surface area contributed by atoms with E-state index in [0.717, 1.165) is 0 Å². The number of carbonyl (C=O) groups excluding carboxylic acids is 1. The highest BCUT2D eigenvalue weighted by molar-refractivity contribution is 6.04. The number of nitrogen functional groups attached to an aromatic ring is 1. The molecule has 1 aromatic carbocycles. The van der Waals surface area contributed by atoms with Gasteiger partial charge in [0.15, 0.2) is 0 Å². The van der Waals surface area contributed by atoms with Crippen LogP contribution in [0.15, 0.2) is 24.4 Å². The summed E-state index contributed by atoms with van der Waals surface area (Å²) in [7, 11) is 0. The highest BCUT2D eigenvalue weighted by Crippen LogP contribution is 2.18. The number of nitrogens with zero attached hydrogens (tertiary/aromatic N) is 1. The molecule has 0 unspecified atom stereocenters. The number of anilines is 2. The lowest BCUT2D eigenvalue weighted by atomic mass is 10.1. The topological polar surface area (TPSA) is 68.0 Å². The van der Waals surface area contributed by atoms with Crippen LogP contribution in [0.25, 0.3) is 0 Å². The first-order chi connectivity index (χ1) is 9.38. The second kappa shape index (κ2) is 5.20. The van der Waals surface area contributed by atoms with Crippen molar-refractivity contribution in [2.75, 3.05) is 11.1 Å². The Labute approximate surface area is 112 Å². The molecule has 0 aliphatic heterocycles. The fourth-order valence-corrected chi connectivity index (χ4v) is 1.66. The van der Waals surface area contributed by atoms with Crippen LogP contribution in [0.5, 0.6) is 0 Å². The fraction of sp³-hybridized carbons (Fsp3) is 0.0769. The molecule has 2 rings (SSSR count). The molecule has 3 N–H and O–H groups in total. The van der Waals surface area contributed by atoms with Gasteiger partial charge in [0.1, 0.15) is 28.8 Å². The summed E-state index contributed by atoms with van der Waals surface area (Å²) in [5, 5.41) is 2.25. The molecule has 0 saturated carbocycles. The van der Waals surface area contributed by atoms with Gasteiger partial charge in [-0.25, -0.2) is 18.2 Å². The van der Waals surface area contributed by atoms with Crippen LogP contribution in [-0.4, -0.2) is 10.9 Å². The molecule has 0 aliphatic carbocycles. The third kappa shape index (κ3) is 2.71. The first-order valence-corrected chi connectivity index (χ1v) is 5.56. The highest BCUT2D eigenvalue weighted by atomic mass is 19.1. The van der Waals surface area contributed by atoms with E-state index in [-0.39, 0.29) is 5.82 Å². The first-order valence-electron chi connectivity index (χ1n) is 5.56. The van der Waals surface area contributed by atoms with Gasteiger partial charge in [0.2, 0.25) is 0 Å². The molecule has 0 radical (unpaired) electrons. The molecule has 0 fully saturated rings. The standard InChI is InChI=1S/C13H10F3N3O/c1-6-2-8(17)5-18-12(6)19-13(20)11-9(15)3-7(14)4-10(11)16/h2-5H,17H2,1H3,(H,18,19,20). The van der Waals surface area contributed by atoms with E-state index >= 15 is 0 Å². The van der Waals surface area contributed by atoms with Crippen LogP contribution in [0.2, 0.25) is 0 Å². The average Bonchev–Trinajstić information content (AvgIpc) is 2.31. The van der Waals surface area contributed by atoms with Gasteiger partial charge in [0.05, 0.1) is 11.9 Å². The molecule has 0 bridgehead atoms. The smallest absolute Gasteiger partial charge is 0.262 e. The molecule has 0 spiro atoms. The number of hydrogen-bond acceptors (Lipinski definition) is 3. The lowest BCUT2D eigenvalue weighted by Crippen LogP contribution is -2.17. The molecular formula is C13H10F3N3O. The summed E-state index contributed by atoms with van der Waals surface area (Å²) in [6.45, 7) is 1.62. The Balaban J connectivity index is 2.33. The van der Waals surface area contributed by atoms with Crippen LogP contribution in [0, 0.1) is 24.4 Å². The summed E-state index contributed by atoms with van der Waals surface area (Å²) in [5.74, 6) is -4.60. The summed E-state index contributed by atoms with van der Waals surface area (Å²) in [6, 6.07) is 2.41. The van der Waals surface area contributed by atoms with Crippen molar-refractivity contribution in [1.82, 2.24) is 4.98 Å². The Morgan fingerprint density at radius 1 is 1.20 bits per heavy atom. The predicted molar refractivity (Wildman–Crippen MR) is 67.7 cm³/mol. The molecule has 4 nitrogen and oxygen atoms in total. The fourth-order valence-electron chi connectivity index (χ4n) is 1.66. The van der Waals surface area contributed by atoms with Crippen molar-refractivity contribution in [2.45, 2.75) is 6.92 Å². The Morgan fingerprint density at radius 3 is 2.35 bits per heavy atom. The van der Waals surface area contributed by atoms with Gasteiger partial charge in [-0.2, -0.15) is 0 Å². The Kier molecular flexibility index (Phi) is 3.60. The van der Waals surface area contributed by atoms with Crippen molar-refractivity contribution >= 4 is 17.4 Å². The molecule has 1 aromatic heterocycles. The van der Waals surface area contributed by atoms with E-state index in [1.165, 1.54) is 6.20 Å². The van der Waals surface area contributed by atoms with E-state index in [9.17, 15) is 18.0 Å². The van der Waals surface area contributed by atoms with Crippen LogP contribution >= 0.6 is 0 Å². The number of aryl methyl sites for hydroxylation is 1. The van der Waals surface area contributed by atoms with Crippen LogP contribution in [0.3, 0.4) is 0 Å². The number of benzene rings is 1. The van der Waals surface area contributed by atoms with Crippen LogP contribution in [0.4, 0.5) is 24.7 Å². The molecule has 0 aliphatic rings. The Morgan fingerprint density at radius 2 is 1.80 bits per heavy atom. The molecule has 0 saturated heterocycles. The lowest BCUT2D eigenvalue weighted by molar-refractivity contribution is 0.101. The third-order valence-electron chi connectivity index (χ3n) is 2.57. The SMILES string of the molecule is Cc1cc(N)cnc1NC(=O)c1c(F)cc(F)cc1F. The Hall–Kier alpha value is -2.57.